The van der Waals surface area contributed by atoms with Crippen molar-refractivity contribution in [2.24, 2.45) is 0 Å². The first-order chi connectivity index (χ1) is 15.5. The Bertz CT molecular complexity index is 1630. The maximum absolute atomic E-state index is 6.41. The lowest BCUT2D eigenvalue weighted by atomic mass is 9.93. The molecule has 32 heavy (non-hydrogen) atoms. The largest absolute Gasteiger partial charge is 0.455 e. The van der Waals surface area contributed by atoms with Crippen molar-refractivity contribution in [3.63, 3.8) is 0 Å². The molecular weight excluding hydrogens is 390 g/mol. The van der Waals surface area contributed by atoms with Crippen molar-refractivity contribution in [1.29, 1.82) is 0 Å². The molecule has 2 aromatic heterocycles. The van der Waals surface area contributed by atoms with Crippen LogP contribution in [-0.2, 0) is 0 Å². The zero-order valence-electron chi connectivity index (χ0n) is 19.0. The molecule has 2 heteroatoms. The number of fused-ring (bicyclic) bond motifs is 6. The van der Waals surface area contributed by atoms with E-state index in [2.05, 4.69) is 105 Å². The zero-order valence-corrected chi connectivity index (χ0v) is 19.0. The highest BCUT2D eigenvalue weighted by Crippen LogP contribution is 2.40. The predicted molar refractivity (Wildman–Crippen MR) is 137 cm³/mol. The molecule has 0 radical (unpaired) electrons. The fourth-order valence-electron chi connectivity index (χ4n) is 5.12. The molecule has 0 amide bonds. The quantitative estimate of drug-likeness (QED) is 0.281. The van der Waals surface area contributed by atoms with Crippen LogP contribution in [0.3, 0.4) is 0 Å². The molecule has 0 spiro atoms. The highest BCUT2D eigenvalue weighted by molar-refractivity contribution is 6.13. The van der Waals surface area contributed by atoms with E-state index in [9.17, 15) is 0 Å². The van der Waals surface area contributed by atoms with Gasteiger partial charge < -0.3 is 8.98 Å². The Kier molecular flexibility index (Phi) is 4.19. The highest BCUT2D eigenvalue weighted by Gasteiger charge is 2.18. The van der Waals surface area contributed by atoms with Gasteiger partial charge in [-0.05, 0) is 67.3 Å². The van der Waals surface area contributed by atoms with Gasteiger partial charge in [0.2, 0.25) is 0 Å². The van der Waals surface area contributed by atoms with Crippen LogP contribution in [0.1, 0.15) is 45.2 Å². The summed E-state index contributed by atoms with van der Waals surface area (Å²) in [5.41, 5.74) is 8.21. The van der Waals surface area contributed by atoms with E-state index in [-0.39, 0.29) is 0 Å². The molecule has 0 unspecified atom stereocenters. The first kappa shape index (κ1) is 19.2. The summed E-state index contributed by atoms with van der Waals surface area (Å²) in [6.07, 6.45) is 0. The van der Waals surface area contributed by atoms with Gasteiger partial charge >= 0.3 is 0 Å². The minimum atomic E-state index is 0.398. The van der Waals surface area contributed by atoms with Crippen molar-refractivity contribution in [3.8, 4) is 11.1 Å². The first-order valence-corrected chi connectivity index (χ1v) is 11.5. The summed E-state index contributed by atoms with van der Waals surface area (Å²) in [6.45, 7) is 9.02. The zero-order chi connectivity index (χ0) is 22.0. The lowest BCUT2D eigenvalue weighted by Crippen LogP contribution is -1.99. The molecule has 0 saturated heterocycles. The van der Waals surface area contributed by atoms with Crippen LogP contribution in [-0.4, -0.2) is 4.57 Å². The molecule has 0 atom stereocenters. The van der Waals surface area contributed by atoms with Crippen LogP contribution in [0.5, 0.6) is 0 Å². The maximum atomic E-state index is 6.41. The lowest BCUT2D eigenvalue weighted by molar-refractivity contribution is 0.642. The van der Waals surface area contributed by atoms with Crippen molar-refractivity contribution in [3.05, 3.63) is 84.4 Å². The SMILES string of the molecule is CC(C)c1cc(-c2ccc3c(c2)c2ccccc2n3C(C)C)c2oc3ccccc3c2c1. The van der Waals surface area contributed by atoms with Gasteiger partial charge in [0.05, 0.1) is 0 Å². The topological polar surface area (TPSA) is 18.1 Å². The normalized spacial score (nSPS) is 12.3. The molecule has 6 rings (SSSR count). The number of hydrogen-bond donors (Lipinski definition) is 0. The van der Waals surface area contributed by atoms with E-state index in [0.29, 0.717) is 12.0 Å². The Morgan fingerprint density at radius 2 is 1.38 bits per heavy atom. The van der Waals surface area contributed by atoms with Gasteiger partial charge in [-0.15, -0.1) is 0 Å². The van der Waals surface area contributed by atoms with Crippen molar-refractivity contribution >= 4 is 43.7 Å². The standard InChI is InChI=1S/C30H27NO/c1-18(2)21-16-24(30-26(17-21)23-10-6-8-12-29(23)32-30)20-13-14-28-25(15-20)22-9-5-7-11-27(22)31(28)19(3)4/h5-19H,1-4H3. The Hall–Kier alpha value is -3.52. The summed E-state index contributed by atoms with van der Waals surface area (Å²) >= 11 is 0. The van der Waals surface area contributed by atoms with Crippen LogP contribution in [0.15, 0.2) is 83.3 Å². The van der Waals surface area contributed by atoms with Crippen molar-refractivity contribution in [1.82, 2.24) is 4.57 Å². The molecule has 0 bridgehead atoms. The monoisotopic (exact) mass is 417 g/mol. The second kappa shape index (κ2) is 7.00. The lowest BCUT2D eigenvalue weighted by Gasteiger charge is -2.12. The number of hydrogen-bond acceptors (Lipinski definition) is 1. The molecule has 0 aliphatic carbocycles. The van der Waals surface area contributed by atoms with Crippen LogP contribution in [0.4, 0.5) is 0 Å². The van der Waals surface area contributed by atoms with Gasteiger partial charge in [-0.25, -0.2) is 0 Å². The van der Waals surface area contributed by atoms with Gasteiger partial charge in [0, 0.05) is 44.2 Å². The van der Waals surface area contributed by atoms with Crippen molar-refractivity contribution < 1.29 is 4.42 Å². The Morgan fingerprint density at radius 1 is 0.656 bits per heavy atom. The molecule has 4 aromatic carbocycles. The second-order valence-corrected chi connectivity index (χ2v) is 9.41. The van der Waals surface area contributed by atoms with Gasteiger partial charge in [0.25, 0.3) is 0 Å². The average molecular weight is 418 g/mol. The number of aromatic nitrogens is 1. The van der Waals surface area contributed by atoms with Gasteiger partial charge in [0.1, 0.15) is 11.2 Å². The summed E-state index contributed by atoms with van der Waals surface area (Å²) in [6, 6.07) is 29.0. The number of furan rings is 1. The van der Waals surface area contributed by atoms with Gasteiger partial charge in [-0.2, -0.15) is 0 Å². The Morgan fingerprint density at radius 3 is 2.16 bits per heavy atom. The fourth-order valence-corrected chi connectivity index (χ4v) is 5.12. The average Bonchev–Trinajstić information content (AvgIpc) is 3.33. The van der Waals surface area contributed by atoms with Crippen molar-refractivity contribution in [2.75, 3.05) is 0 Å². The number of rotatable bonds is 3. The van der Waals surface area contributed by atoms with Crippen molar-refractivity contribution in [2.45, 2.75) is 39.7 Å². The van der Waals surface area contributed by atoms with Gasteiger partial charge in [0.15, 0.2) is 0 Å². The summed E-state index contributed by atoms with van der Waals surface area (Å²) in [4.78, 5) is 0. The van der Waals surface area contributed by atoms with E-state index >= 15 is 0 Å². The van der Waals surface area contributed by atoms with E-state index in [0.717, 1.165) is 11.2 Å². The predicted octanol–water partition coefficient (Wildman–Crippen LogP) is 9.07. The van der Waals surface area contributed by atoms with E-state index in [1.54, 1.807) is 0 Å². The molecule has 2 heterocycles. The van der Waals surface area contributed by atoms with Crippen LogP contribution >= 0.6 is 0 Å². The molecule has 0 N–H and O–H groups in total. The number of para-hydroxylation sites is 2. The number of nitrogens with zero attached hydrogens (tertiary/aromatic N) is 1. The van der Waals surface area contributed by atoms with Gasteiger partial charge in [-0.3, -0.25) is 0 Å². The molecule has 0 fully saturated rings. The first-order valence-electron chi connectivity index (χ1n) is 11.5. The minimum absolute atomic E-state index is 0.398. The minimum Gasteiger partial charge on any atom is -0.455 e. The Balaban J connectivity index is 1.70. The Labute approximate surface area is 188 Å². The van der Waals surface area contributed by atoms with E-state index in [1.165, 1.54) is 49.3 Å². The third-order valence-corrected chi connectivity index (χ3v) is 6.70. The summed E-state index contributed by atoms with van der Waals surface area (Å²) < 4.78 is 8.85. The summed E-state index contributed by atoms with van der Waals surface area (Å²) in [7, 11) is 0. The second-order valence-electron chi connectivity index (χ2n) is 9.41. The van der Waals surface area contributed by atoms with Crippen LogP contribution < -0.4 is 0 Å². The summed E-state index contributed by atoms with van der Waals surface area (Å²) in [5.74, 6) is 0.443. The maximum Gasteiger partial charge on any atom is 0.143 e. The van der Waals surface area contributed by atoms with Crippen LogP contribution in [0.25, 0.3) is 54.9 Å². The van der Waals surface area contributed by atoms with E-state index in [1.807, 2.05) is 6.07 Å². The van der Waals surface area contributed by atoms with Gasteiger partial charge in [-0.1, -0.05) is 56.3 Å². The molecule has 0 saturated carbocycles. The van der Waals surface area contributed by atoms with E-state index in [4.69, 9.17) is 4.42 Å². The van der Waals surface area contributed by atoms with E-state index < -0.39 is 0 Å². The third kappa shape index (κ3) is 2.72. The fraction of sp³-hybridized carbons (Fsp3) is 0.200. The van der Waals surface area contributed by atoms with Crippen LogP contribution in [0.2, 0.25) is 0 Å². The third-order valence-electron chi connectivity index (χ3n) is 6.70. The van der Waals surface area contributed by atoms with Crippen LogP contribution in [0, 0.1) is 0 Å². The molecule has 0 aliphatic rings. The molecule has 2 nitrogen and oxygen atoms in total. The molecule has 158 valence electrons. The molecular formula is C30H27NO. The molecule has 6 aromatic rings. The summed E-state index contributed by atoms with van der Waals surface area (Å²) in [5, 5.41) is 4.99. The highest BCUT2D eigenvalue weighted by atomic mass is 16.3. The number of benzene rings is 4. The molecule has 0 aliphatic heterocycles. The smallest absolute Gasteiger partial charge is 0.143 e.